The maximum atomic E-state index is 4.57. The first-order valence-electron chi connectivity index (χ1n) is 6.28. The Bertz CT molecular complexity index is 637. The normalized spacial score (nSPS) is 24.6. The zero-order valence-corrected chi connectivity index (χ0v) is 9.88. The third-order valence-electron chi connectivity index (χ3n) is 3.60. The summed E-state index contributed by atoms with van der Waals surface area (Å²) in [6.07, 6.45) is 8.04. The summed E-state index contributed by atoms with van der Waals surface area (Å²) in [4.78, 5) is 4.57. The van der Waals surface area contributed by atoms with Gasteiger partial charge in [-0.25, -0.2) is 4.98 Å². The van der Waals surface area contributed by atoms with E-state index in [2.05, 4.69) is 33.4 Å². The highest BCUT2D eigenvalue weighted by molar-refractivity contribution is 5.73. The molecule has 1 aromatic carbocycles. The lowest BCUT2D eigenvalue weighted by Gasteiger charge is -2.01. The van der Waals surface area contributed by atoms with Gasteiger partial charge < -0.3 is 0 Å². The molecule has 0 bridgehead atoms. The summed E-state index contributed by atoms with van der Waals surface area (Å²) >= 11 is 0. The standard InChI is InChI=1S/C15H13N3/c1-2-4-10(5-3-1)14-16-15(18-17-14)12-7-6-11-8-13(11)9-12/h1-7,9,11,13H,8H2,(H,16,17,18). The topological polar surface area (TPSA) is 41.6 Å². The summed E-state index contributed by atoms with van der Waals surface area (Å²) in [5, 5.41) is 7.32. The Balaban J connectivity index is 1.68. The van der Waals surface area contributed by atoms with Crippen molar-refractivity contribution in [2.45, 2.75) is 6.42 Å². The van der Waals surface area contributed by atoms with E-state index in [4.69, 9.17) is 0 Å². The van der Waals surface area contributed by atoms with Gasteiger partial charge in [0.15, 0.2) is 11.6 Å². The SMILES string of the molecule is C1=CC2CC2C=C1c1nc(-c2ccccc2)n[nH]1. The maximum Gasteiger partial charge on any atom is 0.181 e. The number of rotatable bonds is 2. The van der Waals surface area contributed by atoms with Crippen molar-refractivity contribution in [2.24, 2.45) is 11.8 Å². The largest absolute Gasteiger partial charge is 0.259 e. The number of aromatic amines is 1. The van der Waals surface area contributed by atoms with E-state index in [1.54, 1.807) is 0 Å². The van der Waals surface area contributed by atoms with Crippen molar-refractivity contribution in [3.05, 3.63) is 54.4 Å². The van der Waals surface area contributed by atoms with Crippen molar-refractivity contribution in [2.75, 3.05) is 0 Å². The van der Waals surface area contributed by atoms with Crippen molar-refractivity contribution in [3.8, 4) is 11.4 Å². The number of nitrogens with one attached hydrogen (secondary N) is 1. The molecule has 2 unspecified atom stereocenters. The molecule has 1 N–H and O–H groups in total. The van der Waals surface area contributed by atoms with E-state index in [-0.39, 0.29) is 0 Å². The molecule has 0 spiro atoms. The Labute approximate surface area is 105 Å². The highest BCUT2D eigenvalue weighted by Gasteiger charge is 2.35. The summed E-state index contributed by atoms with van der Waals surface area (Å²) in [6.45, 7) is 0. The molecule has 0 amide bonds. The molecule has 0 aliphatic heterocycles. The molecule has 1 aromatic heterocycles. The fourth-order valence-corrected chi connectivity index (χ4v) is 2.43. The molecular weight excluding hydrogens is 222 g/mol. The molecule has 2 aliphatic carbocycles. The first-order valence-corrected chi connectivity index (χ1v) is 6.28. The molecule has 3 nitrogen and oxygen atoms in total. The van der Waals surface area contributed by atoms with Crippen LogP contribution in [0.3, 0.4) is 0 Å². The van der Waals surface area contributed by atoms with Gasteiger partial charge in [0.1, 0.15) is 0 Å². The fourth-order valence-electron chi connectivity index (χ4n) is 2.43. The maximum absolute atomic E-state index is 4.57. The summed E-state index contributed by atoms with van der Waals surface area (Å²) in [5.74, 6) is 3.15. The van der Waals surface area contributed by atoms with Crippen molar-refractivity contribution in [1.82, 2.24) is 15.2 Å². The lowest BCUT2D eigenvalue weighted by atomic mass is 10.1. The average molecular weight is 235 g/mol. The second-order valence-electron chi connectivity index (χ2n) is 4.92. The van der Waals surface area contributed by atoms with E-state index in [0.717, 1.165) is 29.0 Å². The van der Waals surface area contributed by atoms with Crippen LogP contribution in [-0.2, 0) is 0 Å². The molecule has 3 heteroatoms. The first kappa shape index (κ1) is 9.83. The van der Waals surface area contributed by atoms with E-state index in [9.17, 15) is 0 Å². The van der Waals surface area contributed by atoms with Crippen molar-refractivity contribution < 1.29 is 0 Å². The number of benzene rings is 1. The second kappa shape index (κ2) is 3.67. The monoisotopic (exact) mass is 235 g/mol. The smallest absolute Gasteiger partial charge is 0.181 e. The van der Waals surface area contributed by atoms with Crippen LogP contribution in [0.2, 0.25) is 0 Å². The number of allylic oxidation sites excluding steroid dienone is 4. The third kappa shape index (κ3) is 1.59. The minimum atomic E-state index is 0.732. The molecule has 4 rings (SSSR count). The zero-order valence-electron chi connectivity index (χ0n) is 9.88. The summed E-state index contributed by atoms with van der Waals surface area (Å²) in [5.41, 5.74) is 2.22. The Hall–Kier alpha value is -2.16. The highest BCUT2D eigenvalue weighted by Crippen LogP contribution is 2.45. The van der Waals surface area contributed by atoms with Gasteiger partial charge in [0, 0.05) is 11.1 Å². The second-order valence-corrected chi connectivity index (χ2v) is 4.92. The number of H-pyrrole nitrogens is 1. The highest BCUT2D eigenvalue weighted by atomic mass is 15.2. The van der Waals surface area contributed by atoms with Gasteiger partial charge in [-0.05, 0) is 18.3 Å². The average Bonchev–Trinajstić information content (AvgIpc) is 3.04. The van der Waals surface area contributed by atoms with Crippen LogP contribution in [0.15, 0.2) is 48.6 Å². The van der Waals surface area contributed by atoms with E-state index in [0.29, 0.717) is 0 Å². The van der Waals surface area contributed by atoms with Crippen LogP contribution in [0.1, 0.15) is 12.2 Å². The molecule has 1 heterocycles. The Morgan fingerprint density at radius 2 is 2.00 bits per heavy atom. The quantitative estimate of drug-likeness (QED) is 0.869. The van der Waals surface area contributed by atoms with Crippen LogP contribution in [0.5, 0.6) is 0 Å². The van der Waals surface area contributed by atoms with E-state index in [1.807, 2.05) is 30.3 Å². The molecule has 2 aliphatic rings. The number of fused-ring (bicyclic) bond motifs is 1. The van der Waals surface area contributed by atoms with E-state index < -0.39 is 0 Å². The van der Waals surface area contributed by atoms with Crippen molar-refractivity contribution >= 4 is 5.57 Å². The van der Waals surface area contributed by atoms with Crippen LogP contribution in [0, 0.1) is 11.8 Å². The van der Waals surface area contributed by atoms with Crippen LogP contribution in [0.25, 0.3) is 17.0 Å². The van der Waals surface area contributed by atoms with E-state index >= 15 is 0 Å². The lowest BCUT2D eigenvalue weighted by molar-refractivity contribution is 0.977. The van der Waals surface area contributed by atoms with Crippen LogP contribution < -0.4 is 0 Å². The molecule has 1 saturated carbocycles. The minimum absolute atomic E-state index is 0.732. The number of hydrogen-bond donors (Lipinski definition) is 1. The molecule has 1 fully saturated rings. The van der Waals surface area contributed by atoms with Crippen LogP contribution in [0.4, 0.5) is 0 Å². The summed E-state index contributed by atoms with van der Waals surface area (Å²) < 4.78 is 0. The van der Waals surface area contributed by atoms with Gasteiger partial charge >= 0.3 is 0 Å². The summed E-state index contributed by atoms with van der Waals surface area (Å²) in [6, 6.07) is 10.0. The number of nitrogens with zero attached hydrogens (tertiary/aromatic N) is 2. The van der Waals surface area contributed by atoms with Gasteiger partial charge in [-0.15, -0.1) is 0 Å². The van der Waals surface area contributed by atoms with Gasteiger partial charge in [0.25, 0.3) is 0 Å². The third-order valence-corrected chi connectivity index (χ3v) is 3.60. The molecule has 2 aromatic rings. The minimum Gasteiger partial charge on any atom is -0.259 e. The molecular formula is C15H13N3. The fraction of sp³-hybridized carbons (Fsp3) is 0.200. The molecule has 2 atom stereocenters. The van der Waals surface area contributed by atoms with Gasteiger partial charge in [0.2, 0.25) is 0 Å². The van der Waals surface area contributed by atoms with E-state index in [1.165, 1.54) is 12.0 Å². The van der Waals surface area contributed by atoms with Crippen molar-refractivity contribution in [1.29, 1.82) is 0 Å². The summed E-state index contributed by atoms with van der Waals surface area (Å²) in [7, 11) is 0. The number of aromatic nitrogens is 3. The van der Waals surface area contributed by atoms with Gasteiger partial charge in [-0.3, -0.25) is 5.10 Å². The number of hydrogen-bond acceptors (Lipinski definition) is 2. The molecule has 0 radical (unpaired) electrons. The Kier molecular flexibility index (Phi) is 2.00. The Morgan fingerprint density at radius 1 is 1.11 bits per heavy atom. The molecule has 0 saturated heterocycles. The molecule has 88 valence electrons. The van der Waals surface area contributed by atoms with Gasteiger partial charge in [0.05, 0.1) is 0 Å². The van der Waals surface area contributed by atoms with Crippen molar-refractivity contribution in [3.63, 3.8) is 0 Å². The lowest BCUT2D eigenvalue weighted by Crippen LogP contribution is -1.90. The van der Waals surface area contributed by atoms with Gasteiger partial charge in [-0.2, -0.15) is 5.10 Å². The van der Waals surface area contributed by atoms with Gasteiger partial charge in [-0.1, -0.05) is 48.6 Å². The Morgan fingerprint density at radius 3 is 2.83 bits per heavy atom. The van der Waals surface area contributed by atoms with Crippen LogP contribution >= 0.6 is 0 Å². The predicted molar refractivity (Wildman–Crippen MR) is 70.5 cm³/mol. The zero-order chi connectivity index (χ0) is 11.9. The predicted octanol–water partition coefficient (Wildman–Crippen LogP) is 3.06. The first-order chi connectivity index (χ1) is 8.90. The van der Waals surface area contributed by atoms with Crippen LogP contribution in [-0.4, -0.2) is 15.2 Å². The molecule has 18 heavy (non-hydrogen) atoms.